The van der Waals surface area contributed by atoms with E-state index >= 15 is 0 Å². The van der Waals surface area contributed by atoms with Crippen molar-refractivity contribution >= 4 is 23.1 Å². The Kier molecular flexibility index (Phi) is 4.59. The molecule has 0 aliphatic carbocycles. The van der Waals surface area contributed by atoms with Gasteiger partial charge in [-0.15, -0.1) is 0 Å². The number of allylic oxidation sites excluding steroid dienone is 2. The molecule has 0 atom stereocenters. The van der Waals surface area contributed by atoms with E-state index < -0.39 is 10.9 Å². The smallest absolute Gasteiger partial charge is 0.363 e. The molecule has 1 heterocycles. The molecule has 0 bridgehead atoms. The van der Waals surface area contributed by atoms with Crippen LogP contribution in [0.1, 0.15) is 18.1 Å². The number of aryl methyl sites for hydroxylation is 1. The highest BCUT2D eigenvalue weighted by molar-refractivity contribution is 6.05. The number of carbonyl (C=O) groups excluding carboxylic acids is 1. The van der Waals surface area contributed by atoms with Gasteiger partial charge in [-0.2, -0.15) is 0 Å². The first kappa shape index (κ1) is 16.4. The number of cyclic esters (lactones) is 1. The number of aliphatic imine (C=N–C) groups is 1. The summed E-state index contributed by atoms with van der Waals surface area (Å²) in [6, 6.07) is 4.95. The van der Waals surface area contributed by atoms with E-state index in [9.17, 15) is 14.9 Å². The Labute approximate surface area is 133 Å². The summed E-state index contributed by atoms with van der Waals surface area (Å²) >= 11 is 0. The summed E-state index contributed by atoms with van der Waals surface area (Å²) < 4.78 is 4.88. The fourth-order valence-corrected chi connectivity index (χ4v) is 2.16. The number of hydrogen-bond acceptors (Lipinski definition) is 6. The molecule has 0 spiro atoms. The van der Waals surface area contributed by atoms with Gasteiger partial charge < -0.3 is 9.64 Å². The van der Waals surface area contributed by atoms with Crippen molar-refractivity contribution in [2.24, 2.45) is 4.99 Å². The van der Waals surface area contributed by atoms with Gasteiger partial charge >= 0.3 is 5.97 Å². The maximum absolute atomic E-state index is 11.7. The minimum Gasteiger partial charge on any atom is -0.407 e. The highest BCUT2D eigenvalue weighted by atomic mass is 16.6. The second-order valence-electron chi connectivity index (χ2n) is 5.38. The third-order valence-corrected chi connectivity index (χ3v) is 3.08. The fraction of sp³-hybridized carbons (Fsp3) is 0.250. The molecular weight excluding hydrogens is 298 g/mol. The highest BCUT2D eigenvalue weighted by Crippen LogP contribution is 2.30. The monoisotopic (exact) mass is 315 g/mol. The van der Waals surface area contributed by atoms with Gasteiger partial charge in [0, 0.05) is 38.9 Å². The van der Waals surface area contributed by atoms with Crippen LogP contribution in [0, 0.1) is 17.0 Å². The van der Waals surface area contributed by atoms with Gasteiger partial charge in [0.05, 0.1) is 10.5 Å². The second-order valence-corrected chi connectivity index (χ2v) is 5.38. The van der Waals surface area contributed by atoms with Crippen molar-refractivity contribution < 1.29 is 14.5 Å². The molecule has 120 valence electrons. The minimum atomic E-state index is -0.568. The maximum atomic E-state index is 11.7. The lowest BCUT2D eigenvalue weighted by molar-refractivity contribution is -0.385. The molecule has 0 amide bonds. The second kappa shape index (κ2) is 6.43. The summed E-state index contributed by atoms with van der Waals surface area (Å²) in [5.41, 5.74) is 1.79. The van der Waals surface area contributed by atoms with Crippen molar-refractivity contribution in [3.8, 4) is 0 Å². The number of rotatable bonds is 4. The van der Waals surface area contributed by atoms with Crippen LogP contribution in [-0.4, -0.2) is 35.8 Å². The van der Waals surface area contributed by atoms with Gasteiger partial charge in [0.1, 0.15) is 0 Å². The highest BCUT2D eigenvalue weighted by Gasteiger charge is 2.23. The average Bonchev–Trinajstić information content (AvgIpc) is 2.75. The van der Waals surface area contributed by atoms with Gasteiger partial charge in [-0.05, 0) is 24.6 Å². The van der Waals surface area contributed by atoms with E-state index in [0.29, 0.717) is 11.1 Å². The first-order valence-corrected chi connectivity index (χ1v) is 6.91. The number of nitrogens with zero attached hydrogens (tertiary/aromatic N) is 3. The van der Waals surface area contributed by atoms with Crippen LogP contribution >= 0.6 is 0 Å². The van der Waals surface area contributed by atoms with E-state index in [2.05, 4.69) is 4.99 Å². The Bertz CT molecular complexity index is 761. The summed E-state index contributed by atoms with van der Waals surface area (Å²) in [5, 5.41) is 11.3. The van der Waals surface area contributed by atoms with Crippen molar-refractivity contribution in [2.75, 3.05) is 14.1 Å². The molecule has 23 heavy (non-hydrogen) atoms. The van der Waals surface area contributed by atoms with Crippen LogP contribution in [0.25, 0.3) is 5.57 Å². The zero-order valence-electron chi connectivity index (χ0n) is 13.4. The molecule has 1 aromatic rings. The molecule has 7 nitrogen and oxygen atoms in total. The van der Waals surface area contributed by atoms with Gasteiger partial charge in [0.2, 0.25) is 0 Å². The largest absolute Gasteiger partial charge is 0.407 e. The molecule has 0 radical (unpaired) electrons. The number of esters is 1. The lowest BCUT2D eigenvalue weighted by atomic mass is 10.0. The third-order valence-electron chi connectivity index (χ3n) is 3.08. The normalized spacial score (nSPS) is 16.3. The van der Waals surface area contributed by atoms with E-state index in [0.717, 1.165) is 5.56 Å². The zero-order valence-corrected chi connectivity index (χ0v) is 13.4. The predicted molar refractivity (Wildman–Crippen MR) is 86.8 cm³/mol. The lowest BCUT2D eigenvalue weighted by Gasteiger charge is -2.10. The van der Waals surface area contributed by atoms with Gasteiger partial charge in [0.25, 0.3) is 5.69 Å². The van der Waals surface area contributed by atoms with Gasteiger partial charge in [-0.1, -0.05) is 6.07 Å². The number of benzene rings is 1. The molecule has 1 aromatic carbocycles. The van der Waals surface area contributed by atoms with Crippen LogP contribution in [-0.2, 0) is 9.53 Å². The van der Waals surface area contributed by atoms with Crippen LogP contribution in [0.3, 0.4) is 0 Å². The lowest BCUT2D eigenvalue weighted by Crippen LogP contribution is -2.05. The van der Waals surface area contributed by atoms with E-state index in [4.69, 9.17) is 4.74 Å². The molecule has 0 saturated carbocycles. The first-order chi connectivity index (χ1) is 10.8. The Hall–Kier alpha value is -2.96. The van der Waals surface area contributed by atoms with Crippen LogP contribution in [0.4, 0.5) is 5.69 Å². The van der Waals surface area contributed by atoms with Crippen LogP contribution in [0.5, 0.6) is 0 Å². The average molecular weight is 315 g/mol. The SMILES string of the molecule is CC1=N/C(=C/C(=C/N(C)C)c2ccc(C)cc2[N+](=O)[O-])C(=O)O1. The van der Waals surface area contributed by atoms with Gasteiger partial charge in [-0.25, -0.2) is 9.79 Å². The Morgan fingerprint density at radius 3 is 2.57 bits per heavy atom. The topological polar surface area (TPSA) is 85.0 Å². The van der Waals surface area contributed by atoms with Crippen molar-refractivity contribution in [1.29, 1.82) is 0 Å². The predicted octanol–water partition coefficient (Wildman–Crippen LogP) is 2.66. The van der Waals surface area contributed by atoms with Crippen molar-refractivity contribution in [1.82, 2.24) is 4.90 Å². The molecule has 1 aliphatic rings. The fourth-order valence-electron chi connectivity index (χ4n) is 2.16. The molecule has 0 saturated heterocycles. The number of ether oxygens (including phenoxy) is 1. The molecule has 7 heteroatoms. The Balaban J connectivity index is 2.60. The van der Waals surface area contributed by atoms with E-state index in [1.165, 1.54) is 12.1 Å². The minimum absolute atomic E-state index is 0.0259. The van der Waals surface area contributed by atoms with Crippen LogP contribution in [0.2, 0.25) is 0 Å². The maximum Gasteiger partial charge on any atom is 0.363 e. The summed E-state index contributed by atoms with van der Waals surface area (Å²) in [5.74, 6) is -0.314. The molecule has 0 N–H and O–H groups in total. The van der Waals surface area contributed by atoms with Crippen LogP contribution in [0.15, 0.2) is 41.2 Å². The summed E-state index contributed by atoms with van der Waals surface area (Å²) in [6.07, 6.45) is 3.19. The van der Waals surface area contributed by atoms with Gasteiger partial charge in [-0.3, -0.25) is 10.1 Å². The molecule has 0 unspecified atom stereocenters. The summed E-state index contributed by atoms with van der Waals surface area (Å²) in [7, 11) is 3.58. The number of nitro benzene ring substituents is 1. The number of carbonyl (C=O) groups is 1. The molecule has 2 rings (SSSR count). The zero-order chi connectivity index (χ0) is 17.1. The van der Waals surface area contributed by atoms with E-state index in [-0.39, 0.29) is 17.3 Å². The molecule has 0 fully saturated rings. The molecule has 0 aromatic heterocycles. The molecular formula is C16H17N3O4. The standard InChI is InChI=1S/C16H17N3O4/c1-10-5-6-13(15(7-10)19(21)22)12(9-18(3)4)8-14-16(20)23-11(2)17-14/h5-9H,1-4H3/b12-9-,14-8+. The quantitative estimate of drug-likeness (QED) is 0.369. The van der Waals surface area contributed by atoms with Crippen LogP contribution < -0.4 is 0 Å². The third kappa shape index (κ3) is 3.82. The van der Waals surface area contributed by atoms with Gasteiger partial charge in [0.15, 0.2) is 11.6 Å². The Morgan fingerprint density at radius 2 is 2.04 bits per heavy atom. The van der Waals surface area contributed by atoms with Crippen molar-refractivity contribution in [3.63, 3.8) is 0 Å². The first-order valence-electron chi connectivity index (χ1n) is 6.91. The van der Waals surface area contributed by atoms with Crippen molar-refractivity contribution in [2.45, 2.75) is 13.8 Å². The molecule has 1 aliphatic heterocycles. The van der Waals surface area contributed by atoms with E-state index in [1.54, 1.807) is 51.2 Å². The Morgan fingerprint density at radius 1 is 1.35 bits per heavy atom. The van der Waals surface area contributed by atoms with E-state index in [1.807, 2.05) is 0 Å². The summed E-state index contributed by atoms with van der Waals surface area (Å²) in [6.45, 7) is 3.36. The van der Waals surface area contributed by atoms with Crippen molar-refractivity contribution in [3.05, 3.63) is 57.4 Å². The number of nitro groups is 1. The number of hydrogen-bond donors (Lipinski definition) is 0. The summed E-state index contributed by atoms with van der Waals surface area (Å²) in [4.78, 5) is 28.4.